The fourth-order valence-electron chi connectivity index (χ4n) is 2.52. The summed E-state index contributed by atoms with van der Waals surface area (Å²) in [7, 11) is 0. The molecule has 1 N–H and O–H groups in total. The number of morpholine rings is 1. The molecule has 0 aromatic heterocycles. The molecule has 0 unspecified atom stereocenters. The van der Waals surface area contributed by atoms with Crippen molar-refractivity contribution >= 4 is 6.09 Å². The normalized spacial score (nSPS) is 29.4. The number of nitrogens with one attached hydrogen (secondary N) is 1. The lowest BCUT2D eigenvalue weighted by atomic mass is 10.0. The van der Waals surface area contributed by atoms with Crippen molar-refractivity contribution in [2.75, 3.05) is 26.2 Å². The molecule has 2 aliphatic rings. The molecular weight excluding hydrogens is 232 g/mol. The van der Waals surface area contributed by atoms with Crippen LogP contribution in [-0.2, 0) is 9.47 Å². The second-order valence-electron chi connectivity index (χ2n) is 6.00. The van der Waals surface area contributed by atoms with Crippen LogP contribution in [0.25, 0.3) is 0 Å². The van der Waals surface area contributed by atoms with E-state index < -0.39 is 5.60 Å². The van der Waals surface area contributed by atoms with Crippen molar-refractivity contribution in [2.24, 2.45) is 0 Å². The van der Waals surface area contributed by atoms with Crippen molar-refractivity contribution in [3.63, 3.8) is 0 Å². The van der Waals surface area contributed by atoms with Crippen LogP contribution in [0.4, 0.5) is 4.79 Å². The molecule has 0 spiro atoms. The third kappa shape index (κ3) is 3.36. The first-order valence-electron chi connectivity index (χ1n) is 6.79. The van der Waals surface area contributed by atoms with Crippen LogP contribution >= 0.6 is 0 Å². The summed E-state index contributed by atoms with van der Waals surface area (Å²) in [6.07, 6.45) is 2.05. The highest BCUT2D eigenvalue weighted by molar-refractivity contribution is 5.68. The molecule has 0 aromatic carbocycles. The lowest BCUT2D eigenvalue weighted by Gasteiger charge is -2.40. The monoisotopic (exact) mass is 256 g/mol. The van der Waals surface area contributed by atoms with Crippen LogP contribution in [0.15, 0.2) is 0 Å². The van der Waals surface area contributed by atoms with Gasteiger partial charge in [0.15, 0.2) is 0 Å². The molecule has 0 aliphatic carbocycles. The summed E-state index contributed by atoms with van der Waals surface area (Å²) < 4.78 is 11.3. The number of rotatable bonds is 0. The zero-order chi connectivity index (χ0) is 13.2. The van der Waals surface area contributed by atoms with Gasteiger partial charge in [-0.2, -0.15) is 0 Å². The van der Waals surface area contributed by atoms with Crippen LogP contribution < -0.4 is 5.32 Å². The number of fused-ring (bicyclic) bond motifs is 1. The van der Waals surface area contributed by atoms with Gasteiger partial charge in [0.2, 0.25) is 0 Å². The van der Waals surface area contributed by atoms with E-state index in [1.807, 2.05) is 25.7 Å². The van der Waals surface area contributed by atoms with Crippen LogP contribution in [0.3, 0.4) is 0 Å². The number of nitrogens with zero attached hydrogens (tertiary/aromatic N) is 1. The molecule has 2 aliphatic heterocycles. The zero-order valence-corrected chi connectivity index (χ0v) is 11.6. The van der Waals surface area contributed by atoms with Crippen molar-refractivity contribution in [1.29, 1.82) is 0 Å². The standard InChI is InChI=1S/C13H24N2O3/c1-13(2,3)18-12(16)15-7-8-17-11-5-4-6-14-9-10(11)15/h10-11,14H,4-9H2,1-3H3/t10-,11-/m1/s1. The quantitative estimate of drug-likeness (QED) is 0.711. The van der Waals surface area contributed by atoms with E-state index in [0.717, 1.165) is 25.9 Å². The molecule has 2 fully saturated rings. The summed E-state index contributed by atoms with van der Waals surface area (Å²) in [6, 6.07) is 0.107. The van der Waals surface area contributed by atoms with E-state index in [1.54, 1.807) is 0 Å². The first kappa shape index (κ1) is 13.6. The molecular formula is C13H24N2O3. The topological polar surface area (TPSA) is 50.8 Å². The largest absolute Gasteiger partial charge is 0.444 e. The molecule has 0 radical (unpaired) electrons. The van der Waals surface area contributed by atoms with Crippen LogP contribution in [0, 0.1) is 0 Å². The molecule has 18 heavy (non-hydrogen) atoms. The third-order valence-corrected chi connectivity index (χ3v) is 3.32. The van der Waals surface area contributed by atoms with Gasteiger partial charge in [-0.3, -0.25) is 4.90 Å². The van der Waals surface area contributed by atoms with E-state index in [1.165, 1.54) is 0 Å². The van der Waals surface area contributed by atoms with Gasteiger partial charge in [-0.05, 0) is 40.2 Å². The second-order valence-corrected chi connectivity index (χ2v) is 6.00. The lowest BCUT2D eigenvalue weighted by molar-refractivity contribution is -0.0741. The summed E-state index contributed by atoms with van der Waals surface area (Å²) in [4.78, 5) is 14.0. The Kier molecular flexibility index (Phi) is 4.12. The van der Waals surface area contributed by atoms with Crippen molar-refractivity contribution in [2.45, 2.75) is 51.4 Å². The highest BCUT2D eigenvalue weighted by atomic mass is 16.6. The first-order chi connectivity index (χ1) is 8.47. The number of amides is 1. The molecule has 5 heteroatoms. The minimum atomic E-state index is -0.441. The van der Waals surface area contributed by atoms with Gasteiger partial charge < -0.3 is 14.8 Å². The molecule has 0 bridgehead atoms. The predicted octanol–water partition coefficient (Wildman–Crippen LogP) is 1.37. The van der Waals surface area contributed by atoms with Crippen molar-refractivity contribution < 1.29 is 14.3 Å². The molecule has 2 saturated heterocycles. The smallest absolute Gasteiger partial charge is 0.410 e. The number of hydrogen-bond donors (Lipinski definition) is 1. The Morgan fingerprint density at radius 1 is 1.44 bits per heavy atom. The maximum atomic E-state index is 12.2. The van der Waals surface area contributed by atoms with Crippen LogP contribution in [0.2, 0.25) is 0 Å². The fourth-order valence-corrected chi connectivity index (χ4v) is 2.52. The minimum absolute atomic E-state index is 0.107. The predicted molar refractivity (Wildman–Crippen MR) is 68.6 cm³/mol. The van der Waals surface area contributed by atoms with E-state index in [2.05, 4.69) is 5.32 Å². The van der Waals surface area contributed by atoms with Gasteiger partial charge >= 0.3 is 6.09 Å². The Balaban J connectivity index is 2.03. The highest BCUT2D eigenvalue weighted by Gasteiger charge is 2.37. The molecule has 2 atom stereocenters. The minimum Gasteiger partial charge on any atom is -0.444 e. The molecule has 2 rings (SSSR count). The number of hydrogen-bond acceptors (Lipinski definition) is 4. The van der Waals surface area contributed by atoms with E-state index in [4.69, 9.17) is 9.47 Å². The Morgan fingerprint density at radius 3 is 2.94 bits per heavy atom. The summed E-state index contributed by atoms with van der Waals surface area (Å²) in [5.41, 5.74) is -0.441. The highest BCUT2D eigenvalue weighted by Crippen LogP contribution is 2.22. The lowest BCUT2D eigenvalue weighted by Crippen LogP contribution is -2.57. The molecule has 104 valence electrons. The maximum Gasteiger partial charge on any atom is 0.410 e. The Labute approximate surface area is 109 Å². The van der Waals surface area contributed by atoms with Gasteiger partial charge in [-0.1, -0.05) is 0 Å². The molecule has 0 aromatic rings. The number of carbonyl (C=O) groups is 1. The van der Waals surface area contributed by atoms with Crippen LogP contribution in [0.5, 0.6) is 0 Å². The van der Waals surface area contributed by atoms with Gasteiger partial charge in [0.25, 0.3) is 0 Å². The first-order valence-corrected chi connectivity index (χ1v) is 6.79. The average molecular weight is 256 g/mol. The summed E-state index contributed by atoms with van der Waals surface area (Å²) in [5, 5.41) is 3.36. The van der Waals surface area contributed by atoms with E-state index in [0.29, 0.717) is 13.2 Å². The molecule has 2 heterocycles. The zero-order valence-electron chi connectivity index (χ0n) is 11.6. The molecule has 5 nitrogen and oxygen atoms in total. The van der Waals surface area contributed by atoms with Crippen LogP contribution in [0.1, 0.15) is 33.6 Å². The Morgan fingerprint density at radius 2 is 2.22 bits per heavy atom. The number of ether oxygens (including phenoxy) is 2. The second kappa shape index (κ2) is 5.45. The van der Waals surface area contributed by atoms with E-state index in [-0.39, 0.29) is 18.2 Å². The third-order valence-electron chi connectivity index (χ3n) is 3.32. The summed E-state index contributed by atoms with van der Waals surface area (Å²) >= 11 is 0. The van der Waals surface area contributed by atoms with Crippen molar-refractivity contribution in [1.82, 2.24) is 10.2 Å². The number of carbonyl (C=O) groups excluding carboxylic acids is 1. The Bertz CT molecular complexity index is 301. The average Bonchev–Trinajstić information content (AvgIpc) is 2.50. The maximum absolute atomic E-state index is 12.2. The van der Waals surface area contributed by atoms with Gasteiger partial charge in [-0.15, -0.1) is 0 Å². The van der Waals surface area contributed by atoms with Gasteiger partial charge in [0.1, 0.15) is 5.60 Å². The summed E-state index contributed by atoms with van der Waals surface area (Å²) in [5.74, 6) is 0. The Hall–Kier alpha value is -0.810. The van der Waals surface area contributed by atoms with E-state index >= 15 is 0 Å². The van der Waals surface area contributed by atoms with Gasteiger partial charge in [-0.25, -0.2) is 4.79 Å². The molecule has 0 saturated carbocycles. The van der Waals surface area contributed by atoms with Crippen molar-refractivity contribution in [3.05, 3.63) is 0 Å². The van der Waals surface area contributed by atoms with Gasteiger partial charge in [0, 0.05) is 13.1 Å². The van der Waals surface area contributed by atoms with E-state index in [9.17, 15) is 4.79 Å². The molecule has 1 amide bonds. The van der Waals surface area contributed by atoms with Crippen molar-refractivity contribution in [3.8, 4) is 0 Å². The SMILES string of the molecule is CC(C)(C)OC(=O)N1CCO[C@@H]2CCCNC[C@H]21. The summed E-state index contributed by atoms with van der Waals surface area (Å²) in [6.45, 7) is 8.72. The van der Waals surface area contributed by atoms with Gasteiger partial charge in [0.05, 0.1) is 18.8 Å². The fraction of sp³-hybridized carbons (Fsp3) is 0.923. The van der Waals surface area contributed by atoms with Crippen LogP contribution in [-0.4, -0.2) is 55.0 Å².